The highest BCUT2D eigenvalue weighted by atomic mass is 16.5. The number of aromatic amines is 1. The Kier molecular flexibility index (Phi) is 3.33. The third kappa shape index (κ3) is 2.34. The molecule has 0 radical (unpaired) electrons. The molecule has 0 saturated carbocycles. The van der Waals surface area contributed by atoms with Crippen molar-refractivity contribution in [2.75, 3.05) is 7.11 Å². The van der Waals surface area contributed by atoms with Gasteiger partial charge in [0, 0.05) is 11.8 Å². The van der Waals surface area contributed by atoms with Gasteiger partial charge in [0.25, 0.3) is 5.91 Å². The zero-order valence-corrected chi connectivity index (χ0v) is 9.62. The van der Waals surface area contributed by atoms with Crippen LogP contribution in [0.2, 0.25) is 0 Å². The highest BCUT2D eigenvalue weighted by Gasteiger charge is 2.11. The molecule has 7 heteroatoms. The van der Waals surface area contributed by atoms with E-state index in [1.807, 2.05) is 18.2 Å². The topological polar surface area (TPSA) is 106 Å². The van der Waals surface area contributed by atoms with E-state index in [4.69, 9.17) is 10.5 Å². The maximum Gasteiger partial charge on any atom is 0.273 e. The summed E-state index contributed by atoms with van der Waals surface area (Å²) >= 11 is 0. The van der Waals surface area contributed by atoms with Gasteiger partial charge in [-0.25, -0.2) is 4.99 Å². The minimum absolute atomic E-state index is 0.00106. The Hall–Kier alpha value is -2.70. The molecule has 1 amide bonds. The molecule has 0 aliphatic rings. The summed E-state index contributed by atoms with van der Waals surface area (Å²) in [6.45, 7) is 0. The van der Waals surface area contributed by atoms with Crippen LogP contribution in [0, 0.1) is 0 Å². The fourth-order valence-corrected chi connectivity index (χ4v) is 1.38. The van der Waals surface area contributed by atoms with Crippen molar-refractivity contribution in [2.24, 2.45) is 10.7 Å². The lowest BCUT2D eigenvalue weighted by Gasteiger charge is -2.02. The SMILES string of the molecule is COc1ccccc1C=Nc1n[nH]nc1C(N)=O. The fraction of sp³-hybridized carbons (Fsp3) is 0.0909. The van der Waals surface area contributed by atoms with Crippen LogP contribution in [0.25, 0.3) is 0 Å². The van der Waals surface area contributed by atoms with Gasteiger partial charge in [-0.15, -0.1) is 10.2 Å². The van der Waals surface area contributed by atoms with Crippen molar-refractivity contribution in [2.45, 2.75) is 0 Å². The maximum absolute atomic E-state index is 11.0. The van der Waals surface area contributed by atoms with Crippen LogP contribution in [0.4, 0.5) is 5.82 Å². The molecule has 2 aromatic rings. The molecule has 0 unspecified atom stereocenters. The van der Waals surface area contributed by atoms with Crippen LogP contribution >= 0.6 is 0 Å². The number of amides is 1. The second-order valence-corrected chi connectivity index (χ2v) is 3.36. The highest BCUT2D eigenvalue weighted by Crippen LogP contribution is 2.17. The molecule has 0 fully saturated rings. The Morgan fingerprint density at radius 1 is 1.44 bits per heavy atom. The zero-order valence-electron chi connectivity index (χ0n) is 9.62. The summed E-state index contributed by atoms with van der Waals surface area (Å²) in [7, 11) is 1.57. The van der Waals surface area contributed by atoms with E-state index in [9.17, 15) is 4.79 Å². The Morgan fingerprint density at radius 2 is 2.22 bits per heavy atom. The molecule has 0 saturated heterocycles. The van der Waals surface area contributed by atoms with E-state index in [-0.39, 0.29) is 11.5 Å². The minimum atomic E-state index is -0.684. The first-order valence-electron chi connectivity index (χ1n) is 5.10. The highest BCUT2D eigenvalue weighted by molar-refractivity contribution is 5.96. The molecule has 92 valence electrons. The number of hydrogen-bond acceptors (Lipinski definition) is 5. The summed E-state index contributed by atoms with van der Waals surface area (Å²) in [6, 6.07) is 7.33. The number of rotatable bonds is 4. The quantitative estimate of drug-likeness (QED) is 0.771. The van der Waals surface area contributed by atoms with Crippen molar-refractivity contribution in [3.63, 3.8) is 0 Å². The summed E-state index contributed by atoms with van der Waals surface area (Å²) in [5.74, 6) is 0.134. The van der Waals surface area contributed by atoms with Crippen molar-refractivity contribution in [3.05, 3.63) is 35.5 Å². The second-order valence-electron chi connectivity index (χ2n) is 3.36. The lowest BCUT2D eigenvalue weighted by Crippen LogP contribution is -2.11. The van der Waals surface area contributed by atoms with Gasteiger partial charge < -0.3 is 10.5 Å². The monoisotopic (exact) mass is 245 g/mol. The van der Waals surface area contributed by atoms with E-state index < -0.39 is 5.91 Å². The molecule has 1 aromatic carbocycles. The van der Waals surface area contributed by atoms with Gasteiger partial charge in [0.15, 0.2) is 5.69 Å². The third-order valence-electron chi connectivity index (χ3n) is 2.23. The number of methoxy groups -OCH3 is 1. The first kappa shape index (κ1) is 11.8. The van der Waals surface area contributed by atoms with Crippen LogP contribution in [0.15, 0.2) is 29.3 Å². The number of hydrogen-bond donors (Lipinski definition) is 2. The number of nitrogens with two attached hydrogens (primary N) is 1. The van der Waals surface area contributed by atoms with Gasteiger partial charge in [-0.05, 0) is 12.1 Å². The van der Waals surface area contributed by atoms with Crippen LogP contribution < -0.4 is 10.5 Å². The van der Waals surface area contributed by atoms with E-state index in [0.29, 0.717) is 5.75 Å². The van der Waals surface area contributed by atoms with Gasteiger partial charge >= 0.3 is 0 Å². The number of nitrogens with one attached hydrogen (secondary N) is 1. The van der Waals surface area contributed by atoms with Gasteiger partial charge in [0.2, 0.25) is 5.82 Å². The van der Waals surface area contributed by atoms with Crippen molar-refractivity contribution >= 4 is 17.9 Å². The Balaban J connectivity index is 2.30. The van der Waals surface area contributed by atoms with Crippen LogP contribution in [-0.4, -0.2) is 34.6 Å². The lowest BCUT2D eigenvalue weighted by atomic mass is 10.2. The third-order valence-corrected chi connectivity index (χ3v) is 2.23. The number of ether oxygens (including phenoxy) is 1. The number of carbonyl (C=O) groups excluding carboxylic acids is 1. The predicted octanol–water partition coefficient (Wildman–Crippen LogP) is 0.663. The molecule has 0 bridgehead atoms. The molecule has 18 heavy (non-hydrogen) atoms. The molecular formula is C11H11N5O2. The van der Waals surface area contributed by atoms with Gasteiger partial charge in [-0.3, -0.25) is 4.79 Å². The molecular weight excluding hydrogens is 234 g/mol. The summed E-state index contributed by atoms with van der Waals surface area (Å²) < 4.78 is 5.17. The van der Waals surface area contributed by atoms with E-state index in [1.54, 1.807) is 13.2 Å². The molecule has 7 nitrogen and oxygen atoms in total. The number of carbonyl (C=O) groups is 1. The average molecular weight is 245 g/mol. The predicted molar refractivity (Wildman–Crippen MR) is 65.1 cm³/mol. The number of benzene rings is 1. The summed E-state index contributed by atoms with van der Waals surface area (Å²) in [5, 5.41) is 9.65. The van der Waals surface area contributed by atoms with Crippen LogP contribution in [0.3, 0.4) is 0 Å². The average Bonchev–Trinajstić information content (AvgIpc) is 2.85. The van der Waals surface area contributed by atoms with Crippen molar-refractivity contribution in [1.29, 1.82) is 0 Å². The standard InChI is InChI=1S/C11H11N5O2/c1-18-8-5-3-2-4-7(8)6-13-11-9(10(12)17)14-16-15-11/h2-6H,1H3,(H2,12,17)(H,14,15,16). The largest absolute Gasteiger partial charge is 0.496 e. The Labute approximate surface area is 103 Å². The van der Waals surface area contributed by atoms with Gasteiger partial charge in [-0.2, -0.15) is 5.21 Å². The fourth-order valence-electron chi connectivity index (χ4n) is 1.38. The Morgan fingerprint density at radius 3 is 2.94 bits per heavy atom. The normalized spacial score (nSPS) is 10.7. The number of para-hydroxylation sites is 1. The van der Waals surface area contributed by atoms with Gasteiger partial charge in [-0.1, -0.05) is 12.1 Å². The van der Waals surface area contributed by atoms with Gasteiger partial charge in [0.1, 0.15) is 5.75 Å². The molecule has 0 aliphatic heterocycles. The molecule has 3 N–H and O–H groups in total. The summed E-state index contributed by atoms with van der Waals surface area (Å²) in [5.41, 5.74) is 5.89. The first-order valence-corrected chi connectivity index (χ1v) is 5.10. The molecule has 0 aliphatic carbocycles. The molecule has 1 heterocycles. The molecule has 1 aromatic heterocycles. The van der Waals surface area contributed by atoms with Crippen LogP contribution in [0.1, 0.15) is 16.1 Å². The Bertz CT molecular complexity index is 591. The van der Waals surface area contributed by atoms with Crippen molar-refractivity contribution in [1.82, 2.24) is 15.4 Å². The number of aliphatic imine (C=N–C) groups is 1. The zero-order chi connectivity index (χ0) is 13.0. The molecule has 0 spiro atoms. The lowest BCUT2D eigenvalue weighted by molar-refractivity contribution is 0.0996. The van der Waals surface area contributed by atoms with E-state index in [0.717, 1.165) is 5.56 Å². The van der Waals surface area contributed by atoms with Crippen molar-refractivity contribution in [3.8, 4) is 5.75 Å². The van der Waals surface area contributed by atoms with Crippen LogP contribution in [-0.2, 0) is 0 Å². The van der Waals surface area contributed by atoms with E-state index >= 15 is 0 Å². The minimum Gasteiger partial charge on any atom is -0.496 e. The number of H-pyrrole nitrogens is 1. The molecule has 2 rings (SSSR count). The van der Waals surface area contributed by atoms with Crippen LogP contribution in [0.5, 0.6) is 5.75 Å². The molecule has 0 atom stereocenters. The number of nitrogens with zero attached hydrogens (tertiary/aromatic N) is 3. The second kappa shape index (κ2) is 5.09. The number of primary amides is 1. The van der Waals surface area contributed by atoms with Gasteiger partial charge in [0.05, 0.1) is 7.11 Å². The first-order chi connectivity index (χ1) is 8.72. The van der Waals surface area contributed by atoms with Crippen molar-refractivity contribution < 1.29 is 9.53 Å². The smallest absolute Gasteiger partial charge is 0.273 e. The summed E-state index contributed by atoms with van der Waals surface area (Å²) in [6.07, 6.45) is 1.53. The van der Waals surface area contributed by atoms with E-state index in [1.165, 1.54) is 6.21 Å². The summed E-state index contributed by atoms with van der Waals surface area (Å²) in [4.78, 5) is 15.1. The number of aromatic nitrogens is 3. The van der Waals surface area contributed by atoms with E-state index in [2.05, 4.69) is 20.4 Å². The maximum atomic E-state index is 11.0.